The molecule has 160 valence electrons. The number of benzene rings is 3. The number of ether oxygens (including phenoxy) is 1. The largest absolute Gasteiger partial charge is 0.457 e. The average Bonchev–Trinajstić information content (AvgIpc) is 2.73. The molecule has 0 radical (unpaired) electrons. The Balaban J connectivity index is 1.49. The number of fused-ring (bicyclic) bond motifs is 1. The van der Waals surface area contributed by atoms with Crippen LogP contribution in [0.2, 0.25) is 5.02 Å². The van der Waals surface area contributed by atoms with Gasteiger partial charge >= 0.3 is 0 Å². The fourth-order valence-electron chi connectivity index (χ4n) is 4.60. The first-order valence-electron chi connectivity index (χ1n) is 10.8. The number of hydrogen-bond donors (Lipinski definition) is 0. The molecule has 3 aromatic rings. The van der Waals surface area contributed by atoms with Crippen molar-refractivity contribution in [3.8, 4) is 11.5 Å². The SMILES string of the molecule is CCN1c2ccc(C=Nc3ccc(Oc4cccc(Cl)c4)cc3)cc2C(C)CC1(C)C. The molecule has 1 aliphatic rings. The van der Waals surface area contributed by atoms with Crippen molar-refractivity contribution in [2.24, 2.45) is 4.99 Å². The van der Waals surface area contributed by atoms with Crippen molar-refractivity contribution < 1.29 is 4.74 Å². The second-order valence-electron chi connectivity index (χ2n) is 8.79. The Morgan fingerprint density at radius 2 is 1.84 bits per heavy atom. The van der Waals surface area contributed by atoms with Gasteiger partial charge in [-0.25, -0.2) is 0 Å². The van der Waals surface area contributed by atoms with Gasteiger partial charge in [0.15, 0.2) is 0 Å². The number of rotatable bonds is 5. The molecule has 0 spiro atoms. The number of halogens is 1. The van der Waals surface area contributed by atoms with Crippen molar-refractivity contribution in [3.05, 3.63) is 82.9 Å². The van der Waals surface area contributed by atoms with Crippen LogP contribution in [-0.2, 0) is 0 Å². The minimum absolute atomic E-state index is 0.186. The zero-order valence-corrected chi connectivity index (χ0v) is 19.4. The Bertz CT molecular complexity index is 1090. The maximum absolute atomic E-state index is 6.02. The van der Waals surface area contributed by atoms with E-state index >= 15 is 0 Å². The third-order valence-electron chi connectivity index (χ3n) is 5.96. The highest BCUT2D eigenvalue weighted by atomic mass is 35.5. The van der Waals surface area contributed by atoms with Crippen LogP contribution in [0.3, 0.4) is 0 Å². The van der Waals surface area contributed by atoms with Gasteiger partial charge in [0, 0.05) is 29.0 Å². The Morgan fingerprint density at radius 1 is 1.06 bits per heavy atom. The molecule has 0 N–H and O–H groups in total. The van der Waals surface area contributed by atoms with E-state index in [-0.39, 0.29) is 5.54 Å². The van der Waals surface area contributed by atoms with E-state index in [9.17, 15) is 0 Å². The average molecular weight is 433 g/mol. The summed E-state index contributed by atoms with van der Waals surface area (Å²) in [5, 5.41) is 0.656. The Hall–Kier alpha value is -2.78. The fraction of sp³-hybridized carbons (Fsp3) is 0.296. The van der Waals surface area contributed by atoms with Gasteiger partial charge in [-0.1, -0.05) is 30.7 Å². The summed E-state index contributed by atoms with van der Waals surface area (Å²) in [5.41, 5.74) is 4.97. The predicted molar refractivity (Wildman–Crippen MR) is 132 cm³/mol. The molecule has 0 fully saturated rings. The summed E-state index contributed by atoms with van der Waals surface area (Å²) in [6.07, 6.45) is 3.10. The van der Waals surface area contributed by atoms with Crippen LogP contribution in [0.4, 0.5) is 11.4 Å². The number of hydrogen-bond acceptors (Lipinski definition) is 3. The van der Waals surface area contributed by atoms with Gasteiger partial charge in [-0.05, 0) is 98.8 Å². The molecule has 0 saturated carbocycles. The molecule has 0 aromatic heterocycles. The van der Waals surface area contributed by atoms with E-state index in [2.05, 4.69) is 55.8 Å². The molecule has 0 aliphatic carbocycles. The predicted octanol–water partition coefficient (Wildman–Crippen LogP) is 8.00. The van der Waals surface area contributed by atoms with Crippen LogP contribution in [0.15, 0.2) is 71.7 Å². The second-order valence-corrected chi connectivity index (χ2v) is 9.23. The van der Waals surface area contributed by atoms with Crippen molar-refractivity contribution in [1.82, 2.24) is 0 Å². The van der Waals surface area contributed by atoms with Gasteiger partial charge in [-0.2, -0.15) is 0 Å². The third-order valence-corrected chi connectivity index (χ3v) is 6.19. The summed E-state index contributed by atoms with van der Waals surface area (Å²) < 4.78 is 5.85. The number of nitrogens with zero attached hydrogens (tertiary/aromatic N) is 2. The Morgan fingerprint density at radius 3 is 2.55 bits per heavy atom. The molecule has 1 unspecified atom stereocenters. The molecule has 3 aromatic carbocycles. The van der Waals surface area contributed by atoms with Crippen molar-refractivity contribution in [2.75, 3.05) is 11.4 Å². The van der Waals surface area contributed by atoms with Crippen molar-refractivity contribution >= 4 is 29.2 Å². The van der Waals surface area contributed by atoms with Crippen LogP contribution >= 0.6 is 11.6 Å². The quantitative estimate of drug-likeness (QED) is 0.381. The minimum Gasteiger partial charge on any atom is -0.457 e. The van der Waals surface area contributed by atoms with E-state index in [4.69, 9.17) is 16.3 Å². The topological polar surface area (TPSA) is 24.8 Å². The smallest absolute Gasteiger partial charge is 0.128 e. The van der Waals surface area contributed by atoms with Crippen molar-refractivity contribution in [2.45, 2.75) is 45.6 Å². The molecular weight excluding hydrogens is 404 g/mol. The summed E-state index contributed by atoms with van der Waals surface area (Å²) in [6, 6.07) is 21.8. The molecule has 31 heavy (non-hydrogen) atoms. The molecule has 4 rings (SSSR count). The Labute approximate surface area is 190 Å². The third kappa shape index (κ3) is 4.77. The van der Waals surface area contributed by atoms with E-state index in [0.29, 0.717) is 10.9 Å². The van der Waals surface area contributed by atoms with Gasteiger partial charge in [0.05, 0.1) is 5.69 Å². The molecular formula is C27H29ClN2O. The van der Waals surface area contributed by atoms with E-state index < -0.39 is 0 Å². The standard InChI is InChI=1S/C27H29ClN2O/c1-5-30-26-14-9-20(15-25(26)19(2)17-27(30,3)4)18-29-22-10-12-23(13-11-22)31-24-8-6-7-21(28)16-24/h6-16,18-19H,5,17H2,1-4H3. The molecule has 1 atom stereocenters. The highest BCUT2D eigenvalue weighted by Gasteiger charge is 2.35. The van der Waals surface area contributed by atoms with Crippen LogP contribution < -0.4 is 9.64 Å². The van der Waals surface area contributed by atoms with E-state index in [0.717, 1.165) is 35.7 Å². The summed E-state index contributed by atoms with van der Waals surface area (Å²) in [6.45, 7) is 10.3. The van der Waals surface area contributed by atoms with Gasteiger partial charge in [0.2, 0.25) is 0 Å². The summed E-state index contributed by atoms with van der Waals surface area (Å²) in [7, 11) is 0. The Kier molecular flexibility index (Phi) is 6.06. The normalized spacial score (nSPS) is 17.6. The van der Waals surface area contributed by atoms with Gasteiger partial charge in [-0.3, -0.25) is 4.99 Å². The first-order valence-corrected chi connectivity index (χ1v) is 11.2. The first kappa shape index (κ1) is 21.5. The van der Waals surface area contributed by atoms with Crippen LogP contribution in [0.1, 0.15) is 51.2 Å². The number of aliphatic imine (C=N–C) groups is 1. The van der Waals surface area contributed by atoms with Crippen LogP contribution in [0.5, 0.6) is 11.5 Å². The highest BCUT2D eigenvalue weighted by molar-refractivity contribution is 6.30. The maximum Gasteiger partial charge on any atom is 0.128 e. The van der Waals surface area contributed by atoms with Crippen LogP contribution in [-0.4, -0.2) is 18.3 Å². The summed E-state index contributed by atoms with van der Waals surface area (Å²) >= 11 is 6.02. The van der Waals surface area contributed by atoms with Crippen LogP contribution in [0.25, 0.3) is 0 Å². The summed E-state index contributed by atoms with van der Waals surface area (Å²) in [5.74, 6) is 2.01. The molecule has 3 nitrogen and oxygen atoms in total. The molecule has 0 amide bonds. The van der Waals surface area contributed by atoms with Crippen molar-refractivity contribution in [3.63, 3.8) is 0 Å². The fourth-order valence-corrected chi connectivity index (χ4v) is 4.78. The summed E-state index contributed by atoms with van der Waals surface area (Å²) in [4.78, 5) is 7.18. The monoisotopic (exact) mass is 432 g/mol. The van der Waals surface area contributed by atoms with Gasteiger partial charge in [0.1, 0.15) is 11.5 Å². The molecule has 4 heteroatoms. The zero-order chi connectivity index (χ0) is 22.0. The minimum atomic E-state index is 0.186. The van der Waals surface area contributed by atoms with Gasteiger partial charge < -0.3 is 9.64 Å². The van der Waals surface area contributed by atoms with Crippen LogP contribution in [0, 0.1) is 0 Å². The van der Waals surface area contributed by atoms with E-state index in [1.165, 1.54) is 11.3 Å². The van der Waals surface area contributed by atoms with Crippen molar-refractivity contribution in [1.29, 1.82) is 0 Å². The first-order chi connectivity index (χ1) is 14.9. The van der Waals surface area contributed by atoms with E-state index in [1.54, 1.807) is 6.07 Å². The molecule has 1 heterocycles. The second kappa shape index (κ2) is 8.76. The lowest BCUT2D eigenvalue weighted by Gasteiger charge is -2.47. The molecule has 0 bridgehead atoms. The zero-order valence-electron chi connectivity index (χ0n) is 18.6. The lowest BCUT2D eigenvalue weighted by molar-refractivity contribution is 0.381. The lowest BCUT2D eigenvalue weighted by atomic mass is 9.79. The highest BCUT2D eigenvalue weighted by Crippen LogP contribution is 2.43. The molecule has 0 saturated heterocycles. The maximum atomic E-state index is 6.02. The van der Waals surface area contributed by atoms with Gasteiger partial charge in [0.25, 0.3) is 0 Å². The van der Waals surface area contributed by atoms with E-state index in [1.807, 2.05) is 48.7 Å². The number of anilines is 1. The van der Waals surface area contributed by atoms with Gasteiger partial charge in [-0.15, -0.1) is 0 Å². The lowest BCUT2D eigenvalue weighted by Crippen LogP contribution is -2.48. The molecule has 1 aliphatic heterocycles.